The molecular formula is C26H32N2O4. The van der Waals surface area contributed by atoms with Crippen molar-refractivity contribution in [3.05, 3.63) is 64.1 Å². The van der Waals surface area contributed by atoms with Crippen LogP contribution in [0.2, 0.25) is 0 Å². The van der Waals surface area contributed by atoms with E-state index in [1.165, 1.54) is 12.7 Å². The Balaban J connectivity index is 2.24. The van der Waals surface area contributed by atoms with Crippen molar-refractivity contribution in [2.75, 3.05) is 25.7 Å². The van der Waals surface area contributed by atoms with Crippen molar-refractivity contribution in [2.45, 2.75) is 40.7 Å². The van der Waals surface area contributed by atoms with Crippen molar-refractivity contribution < 1.29 is 14.3 Å². The lowest BCUT2D eigenvalue weighted by Crippen LogP contribution is -2.33. The number of carbonyl (C=O) groups is 1. The first-order chi connectivity index (χ1) is 15.3. The second kappa shape index (κ2) is 9.90. The minimum absolute atomic E-state index is 0.151. The monoisotopic (exact) mass is 436 g/mol. The molecule has 0 aliphatic heterocycles. The van der Waals surface area contributed by atoms with Crippen molar-refractivity contribution in [3.63, 3.8) is 0 Å². The van der Waals surface area contributed by atoms with Gasteiger partial charge in [-0.15, -0.1) is 0 Å². The Morgan fingerprint density at radius 2 is 1.59 bits per heavy atom. The van der Waals surface area contributed by atoms with Crippen LogP contribution in [0.25, 0.3) is 10.8 Å². The van der Waals surface area contributed by atoms with Crippen LogP contribution in [0, 0.1) is 5.92 Å². The molecule has 0 aliphatic rings. The highest BCUT2D eigenvalue weighted by Gasteiger charge is 2.23. The number of nitrogens with zero attached hydrogens (tertiary/aromatic N) is 2. The van der Waals surface area contributed by atoms with E-state index in [0.717, 1.165) is 12.1 Å². The van der Waals surface area contributed by atoms with Crippen LogP contribution in [0.1, 0.15) is 43.6 Å². The van der Waals surface area contributed by atoms with Crippen molar-refractivity contribution in [3.8, 4) is 11.5 Å². The quantitative estimate of drug-likeness (QED) is 0.504. The summed E-state index contributed by atoms with van der Waals surface area (Å²) in [5.74, 6) is 1.02. The summed E-state index contributed by atoms with van der Waals surface area (Å²) < 4.78 is 12.5. The van der Waals surface area contributed by atoms with Gasteiger partial charge in [-0.2, -0.15) is 0 Å². The molecule has 6 nitrogen and oxygen atoms in total. The summed E-state index contributed by atoms with van der Waals surface area (Å²) in [4.78, 5) is 28.7. The van der Waals surface area contributed by atoms with Gasteiger partial charge in [-0.1, -0.05) is 32.9 Å². The van der Waals surface area contributed by atoms with Crippen LogP contribution < -0.4 is 19.9 Å². The standard InChI is InChI=1S/C26H32N2O4/c1-7-18-9-11-19(12-10-18)28(8-2)26(30)22-16-27(15-17(3)4)25(29)21-14-24(32-6)23(31-5)13-20(21)22/h9-14,16-17H,7-8,15H2,1-6H3. The summed E-state index contributed by atoms with van der Waals surface area (Å²) in [7, 11) is 3.07. The number of carbonyl (C=O) groups excluding carboxylic acids is 1. The summed E-state index contributed by atoms with van der Waals surface area (Å²) in [6, 6.07) is 11.4. The maximum atomic E-state index is 13.8. The number of aromatic nitrogens is 1. The first-order valence-electron chi connectivity index (χ1n) is 11.0. The van der Waals surface area contributed by atoms with Crippen LogP contribution in [-0.4, -0.2) is 31.2 Å². The smallest absolute Gasteiger partial charge is 0.260 e. The SMILES string of the molecule is CCc1ccc(N(CC)C(=O)c2cn(CC(C)C)c(=O)c3cc(OC)c(OC)cc23)cc1. The van der Waals surface area contributed by atoms with E-state index in [-0.39, 0.29) is 17.4 Å². The Hall–Kier alpha value is -3.28. The average molecular weight is 437 g/mol. The van der Waals surface area contributed by atoms with Crippen LogP contribution in [0.3, 0.4) is 0 Å². The number of rotatable bonds is 8. The van der Waals surface area contributed by atoms with Crippen molar-refractivity contribution in [2.24, 2.45) is 5.92 Å². The zero-order chi connectivity index (χ0) is 23.4. The van der Waals surface area contributed by atoms with Gasteiger partial charge in [0.25, 0.3) is 11.5 Å². The van der Waals surface area contributed by atoms with Crippen molar-refractivity contribution in [1.82, 2.24) is 4.57 Å². The fraction of sp³-hybridized carbons (Fsp3) is 0.385. The molecule has 0 radical (unpaired) electrons. The third kappa shape index (κ3) is 4.49. The first-order valence-corrected chi connectivity index (χ1v) is 11.0. The lowest BCUT2D eigenvalue weighted by Gasteiger charge is -2.23. The molecule has 170 valence electrons. The topological polar surface area (TPSA) is 60.8 Å². The van der Waals surface area contributed by atoms with Crippen molar-refractivity contribution in [1.29, 1.82) is 0 Å². The Morgan fingerprint density at radius 3 is 2.09 bits per heavy atom. The van der Waals surface area contributed by atoms with E-state index in [2.05, 4.69) is 6.92 Å². The highest BCUT2D eigenvalue weighted by molar-refractivity contribution is 6.14. The zero-order valence-corrected chi connectivity index (χ0v) is 19.8. The minimum Gasteiger partial charge on any atom is -0.493 e. The lowest BCUT2D eigenvalue weighted by molar-refractivity contribution is 0.0989. The predicted molar refractivity (Wildman–Crippen MR) is 129 cm³/mol. The molecule has 0 fully saturated rings. The van der Waals surface area contributed by atoms with Gasteiger partial charge < -0.3 is 18.9 Å². The number of methoxy groups -OCH3 is 2. The van der Waals surface area contributed by atoms with E-state index in [1.54, 1.807) is 34.9 Å². The van der Waals surface area contributed by atoms with E-state index in [1.807, 2.05) is 45.0 Å². The van der Waals surface area contributed by atoms with E-state index in [9.17, 15) is 9.59 Å². The molecule has 0 saturated heterocycles. The molecule has 1 heterocycles. The zero-order valence-electron chi connectivity index (χ0n) is 19.8. The molecule has 0 spiro atoms. The lowest BCUT2D eigenvalue weighted by atomic mass is 10.0. The maximum absolute atomic E-state index is 13.8. The number of aryl methyl sites for hydroxylation is 1. The van der Waals surface area contributed by atoms with Crippen LogP contribution >= 0.6 is 0 Å². The number of pyridine rings is 1. The third-order valence-electron chi connectivity index (χ3n) is 5.60. The number of benzene rings is 2. The van der Waals surface area contributed by atoms with E-state index in [0.29, 0.717) is 40.9 Å². The molecule has 0 atom stereocenters. The van der Waals surface area contributed by atoms with E-state index >= 15 is 0 Å². The Kier molecular flexibility index (Phi) is 7.23. The van der Waals surface area contributed by atoms with Gasteiger partial charge in [0.1, 0.15) is 0 Å². The number of amides is 1. The molecule has 0 unspecified atom stereocenters. The van der Waals surface area contributed by atoms with E-state index in [4.69, 9.17) is 9.47 Å². The summed E-state index contributed by atoms with van der Waals surface area (Å²) in [6.45, 7) is 9.15. The number of anilines is 1. The summed E-state index contributed by atoms with van der Waals surface area (Å²) in [6.07, 6.45) is 2.62. The van der Waals surface area contributed by atoms with Gasteiger partial charge >= 0.3 is 0 Å². The average Bonchev–Trinajstić information content (AvgIpc) is 2.80. The predicted octanol–water partition coefficient (Wildman–Crippen LogP) is 4.90. The summed E-state index contributed by atoms with van der Waals surface area (Å²) in [5.41, 5.74) is 2.35. The van der Waals surface area contributed by atoms with Gasteiger partial charge in [0.05, 0.1) is 25.2 Å². The fourth-order valence-corrected chi connectivity index (χ4v) is 3.92. The fourth-order valence-electron chi connectivity index (χ4n) is 3.92. The van der Waals surface area contributed by atoms with Crippen LogP contribution in [0.15, 0.2) is 47.4 Å². The van der Waals surface area contributed by atoms with Gasteiger partial charge in [-0.25, -0.2) is 0 Å². The largest absolute Gasteiger partial charge is 0.493 e. The molecule has 2 aromatic carbocycles. The number of hydrogen-bond acceptors (Lipinski definition) is 4. The molecular weight excluding hydrogens is 404 g/mol. The number of ether oxygens (including phenoxy) is 2. The first kappa shape index (κ1) is 23.4. The van der Waals surface area contributed by atoms with E-state index < -0.39 is 0 Å². The van der Waals surface area contributed by atoms with Crippen molar-refractivity contribution >= 4 is 22.4 Å². The molecule has 32 heavy (non-hydrogen) atoms. The van der Waals surface area contributed by atoms with Gasteiger partial charge in [-0.3, -0.25) is 9.59 Å². The van der Waals surface area contributed by atoms with Gasteiger partial charge in [-0.05, 0) is 49.1 Å². The molecule has 0 saturated carbocycles. The second-order valence-electron chi connectivity index (χ2n) is 8.22. The Morgan fingerprint density at radius 1 is 1.00 bits per heavy atom. The van der Waals surface area contributed by atoms with Crippen LogP contribution in [0.5, 0.6) is 11.5 Å². The third-order valence-corrected chi connectivity index (χ3v) is 5.60. The highest BCUT2D eigenvalue weighted by Crippen LogP contribution is 2.33. The molecule has 0 aliphatic carbocycles. The number of hydrogen-bond donors (Lipinski definition) is 0. The highest BCUT2D eigenvalue weighted by atomic mass is 16.5. The Bertz CT molecular complexity index is 1160. The van der Waals surface area contributed by atoms with Crippen LogP contribution in [-0.2, 0) is 13.0 Å². The number of fused-ring (bicyclic) bond motifs is 1. The summed E-state index contributed by atoms with van der Waals surface area (Å²) in [5, 5.41) is 0.993. The van der Waals surface area contributed by atoms with Gasteiger partial charge in [0.2, 0.25) is 0 Å². The Labute approximate surface area is 189 Å². The molecule has 1 aromatic heterocycles. The molecule has 6 heteroatoms. The minimum atomic E-state index is -0.161. The molecule has 0 N–H and O–H groups in total. The molecule has 1 amide bonds. The van der Waals surface area contributed by atoms with Gasteiger partial charge in [0.15, 0.2) is 11.5 Å². The molecule has 3 rings (SSSR count). The maximum Gasteiger partial charge on any atom is 0.260 e. The summed E-state index contributed by atoms with van der Waals surface area (Å²) >= 11 is 0. The molecule has 0 bridgehead atoms. The second-order valence-corrected chi connectivity index (χ2v) is 8.22. The van der Waals surface area contributed by atoms with Gasteiger partial charge in [0, 0.05) is 30.4 Å². The molecule has 3 aromatic rings. The van der Waals surface area contributed by atoms with Crippen LogP contribution in [0.4, 0.5) is 5.69 Å². The normalized spacial score (nSPS) is 11.1.